The topological polar surface area (TPSA) is 74.2 Å². The van der Waals surface area contributed by atoms with E-state index in [0.29, 0.717) is 53.4 Å². The predicted octanol–water partition coefficient (Wildman–Crippen LogP) is 3.53. The van der Waals surface area contributed by atoms with Gasteiger partial charge >= 0.3 is 0 Å². The minimum absolute atomic E-state index is 0.338. The van der Waals surface area contributed by atoms with Crippen molar-refractivity contribution in [2.24, 2.45) is 0 Å². The molecular formula is C20H22ClN5O2S2. The van der Waals surface area contributed by atoms with Gasteiger partial charge in [0.25, 0.3) is 0 Å². The van der Waals surface area contributed by atoms with Crippen LogP contribution in [0.4, 0.5) is 0 Å². The van der Waals surface area contributed by atoms with Crippen molar-refractivity contribution in [3.8, 4) is 11.4 Å². The number of H-pyrrole nitrogens is 1. The Morgan fingerprint density at radius 1 is 1.03 bits per heavy atom. The zero-order valence-electron chi connectivity index (χ0n) is 16.5. The number of halogens is 1. The molecule has 10 heteroatoms. The number of hydrogen-bond donors (Lipinski definition) is 1. The van der Waals surface area contributed by atoms with Crippen LogP contribution in [0.5, 0.6) is 0 Å². The second-order valence-electron chi connectivity index (χ2n) is 7.27. The second-order valence-corrected chi connectivity index (χ2v) is 10.0. The highest BCUT2D eigenvalue weighted by Gasteiger charge is 2.28. The van der Waals surface area contributed by atoms with E-state index in [1.54, 1.807) is 33.3 Å². The SMILES string of the molecule is Cc1ccc(S(=O)(=O)N2CCN(Cn3[nH]c(-c4ccc(Cl)cc4)nc3=S)CC2)cc1. The lowest BCUT2D eigenvalue weighted by Crippen LogP contribution is -2.48. The summed E-state index contributed by atoms with van der Waals surface area (Å²) in [6, 6.07) is 14.4. The highest BCUT2D eigenvalue weighted by Crippen LogP contribution is 2.20. The first-order chi connectivity index (χ1) is 14.3. The number of nitrogens with zero attached hydrogens (tertiary/aromatic N) is 4. The molecule has 0 saturated carbocycles. The van der Waals surface area contributed by atoms with Crippen molar-refractivity contribution in [2.75, 3.05) is 26.2 Å². The van der Waals surface area contributed by atoms with E-state index in [0.717, 1.165) is 11.1 Å². The summed E-state index contributed by atoms with van der Waals surface area (Å²) in [5.41, 5.74) is 1.94. The summed E-state index contributed by atoms with van der Waals surface area (Å²) in [4.78, 5) is 6.91. The van der Waals surface area contributed by atoms with Crippen LogP contribution in [0.3, 0.4) is 0 Å². The Morgan fingerprint density at radius 2 is 1.67 bits per heavy atom. The molecular weight excluding hydrogens is 442 g/mol. The van der Waals surface area contributed by atoms with Gasteiger partial charge in [0.2, 0.25) is 14.8 Å². The van der Waals surface area contributed by atoms with Crippen LogP contribution in [0.15, 0.2) is 53.4 Å². The number of aromatic amines is 1. The number of aromatic nitrogens is 3. The van der Waals surface area contributed by atoms with Crippen LogP contribution in [0.1, 0.15) is 5.56 Å². The molecule has 0 spiro atoms. The third-order valence-corrected chi connectivity index (χ3v) is 7.60. The highest BCUT2D eigenvalue weighted by atomic mass is 35.5. The van der Waals surface area contributed by atoms with Crippen LogP contribution in [0.25, 0.3) is 11.4 Å². The number of benzene rings is 2. The maximum absolute atomic E-state index is 12.9. The molecule has 4 rings (SSSR count). The van der Waals surface area contributed by atoms with Gasteiger partial charge in [-0.05, 0) is 55.5 Å². The first-order valence-corrected chi connectivity index (χ1v) is 11.8. The molecule has 3 aromatic rings. The van der Waals surface area contributed by atoms with Gasteiger partial charge in [-0.1, -0.05) is 29.3 Å². The molecule has 0 bridgehead atoms. The Kier molecular flexibility index (Phi) is 6.08. The van der Waals surface area contributed by atoms with E-state index in [9.17, 15) is 8.42 Å². The molecule has 30 heavy (non-hydrogen) atoms. The number of rotatable bonds is 5. The van der Waals surface area contributed by atoms with Gasteiger partial charge in [0.15, 0.2) is 5.82 Å². The normalized spacial score (nSPS) is 16.1. The zero-order chi connectivity index (χ0) is 21.3. The van der Waals surface area contributed by atoms with Crippen LogP contribution >= 0.6 is 23.8 Å². The van der Waals surface area contributed by atoms with Crippen LogP contribution in [-0.4, -0.2) is 58.6 Å². The largest absolute Gasteiger partial charge is 0.282 e. The van der Waals surface area contributed by atoms with Crippen molar-refractivity contribution in [3.63, 3.8) is 0 Å². The van der Waals surface area contributed by atoms with Gasteiger partial charge in [-0.3, -0.25) is 10.00 Å². The monoisotopic (exact) mass is 463 g/mol. The standard InChI is InChI=1S/C20H22ClN5O2S2/c1-15-2-8-18(9-3-15)30(27,28)25-12-10-24(11-13-25)14-26-20(29)22-19(23-26)16-4-6-17(21)7-5-16/h2-9H,10-14H2,1H3,(H,22,23,29). The molecule has 1 N–H and O–H groups in total. The maximum Gasteiger partial charge on any atom is 0.243 e. The number of piperazine rings is 1. The fourth-order valence-corrected chi connectivity index (χ4v) is 5.10. The van der Waals surface area contributed by atoms with Crippen molar-refractivity contribution in [1.29, 1.82) is 0 Å². The van der Waals surface area contributed by atoms with Crippen LogP contribution in [0, 0.1) is 11.7 Å². The van der Waals surface area contributed by atoms with Crippen molar-refractivity contribution in [3.05, 3.63) is 63.9 Å². The van der Waals surface area contributed by atoms with Crippen LogP contribution < -0.4 is 0 Å². The first-order valence-electron chi connectivity index (χ1n) is 9.55. The fourth-order valence-electron chi connectivity index (χ4n) is 3.36. The van der Waals surface area contributed by atoms with Gasteiger partial charge in [-0.25, -0.2) is 13.1 Å². The Hall–Kier alpha value is -2.04. The van der Waals surface area contributed by atoms with E-state index in [1.165, 1.54) is 0 Å². The van der Waals surface area contributed by atoms with Crippen molar-refractivity contribution in [2.45, 2.75) is 18.5 Å². The molecule has 1 aliphatic heterocycles. The van der Waals surface area contributed by atoms with E-state index >= 15 is 0 Å². The van der Waals surface area contributed by atoms with Crippen molar-refractivity contribution < 1.29 is 8.42 Å². The average molecular weight is 464 g/mol. The molecule has 2 heterocycles. The summed E-state index contributed by atoms with van der Waals surface area (Å²) in [7, 11) is -3.47. The maximum atomic E-state index is 12.9. The quantitative estimate of drug-likeness (QED) is 0.586. The zero-order valence-corrected chi connectivity index (χ0v) is 18.8. The molecule has 0 radical (unpaired) electrons. The summed E-state index contributed by atoms with van der Waals surface area (Å²) in [5, 5.41) is 3.88. The van der Waals surface area contributed by atoms with Crippen LogP contribution in [0.2, 0.25) is 5.02 Å². The molecule has 158 valence electrons. The molecule has 1 saturated heterocycles. The predicted molar refractivity (Wildman–Crippen MR) is 119 cm³/mol. The summed E-state index contributed by atoms with van der Waals surface area (Å²) < 4.78 is 29.5. The summed E-state index contributed by atoms with van der Waals surface area (Å²) in [6.45, 7) is 4.56. The molecule has 0 aliphatic carbocycles. The number of nitrogens with one attached hydrogen (secondary N) is 1. The number of aryl methyl sites for hydroxylation is 1. The lowest BCUT2D eigenvalue weighted by Gasteiger charge is -2.33. The molecule has 1 aromatic heterocycles. The molecule has 2 aromatic carbocycles. The summed E-state index contributed by atoms with van der Waals surface area (Å²) >= 11 is 11.3. The van der Waals surface area contributed by atoms with Crippen molar-refractivity contribution in [1.82, 2.24) is 24.0 Å². The van der Waals surface area contributed by atoms with Gasteiger partial charge in [0.05, 0.1) is 11.6 Å². The number of sulfonamides is 1. The molecule has 0 atom stereocenters. The third-order valence-electron chi connectivity index (χ3n) is 5.13. The first kappa shape index (κ1) is 21.2. The Bertz CT molecular complexity index is 1180. The highest BCUT2D eigenvalue weighted by molar-refractivity contribution is 7.89. The van der Waals surface area contributed by atoms with E-state index in [-0.39, 0.29) is 0 Å². The average Bonchev–Trinajstić information content (AvgIpc) is 3.09. The van der Waals surface area contributed by atoms with E-state index in [1.807, 2.05) is 31.2 Å². The minimum atomic E-state index is -3.47. The van der Waals surface area contributed by atoms with Gasteiger partial charge in [-0.2, -0.15) is 9.29 Å². The second kappa shape index (κ2) is 8.60. The van der Waals surface area contributed by atoms with Crippen molar-refractivity contribution >= 4 is 33.8 Å². The summed E-state index contributed by atoms with van der Waals surface area (Å²) in [6.07, 6.45) is 0. The van der Waals surface area contributed by atoms with Gasteiger partial charge < -0.3 is 0 Å². The molecule has 0 unspecified atom stereocenters. The lowest BCUT2D eigenvalue weighted by molar-refractivity contribution is 0.145. The third kappa shape index (κ3) is 4.50. The smallest absolute Gasteiger partial charge is 0.243 e. The number of hydrogen-bond acceptors (Lipinski definition) is 5. The van der Waals surface area contributed by atoms with E-state index in [2.05, 4.69) is 15.0 Å². The Labute approximate surface area is 185 Å². The Morgan fingerprint density at radius 3 is 2.30 bits per heavy atom. The lowest BCUT2D eigenvalue weighted by atomic mass is 10.2. The van der Waals surface area contributed by atoms with Gasteiger partial charge in [-0.15, -0.1) is 0 Å². The molecule has 1 fully saturated rings. The molecule has 7 nitrogen and oxygen atoms in total. The molecule has 1 aliphatic rings. The van der Waals surface area contributed by atoms with Crippen LogP contribution in [-0.2, 0) is 16.7 Å². The minimum Gasteiger partial charge on any atom is -0.282 e. The molecule has 0 amide bonds. The fraction of sp³-hybridized carbons (Fsp3) is 0.300. The van der Waals surface area contributed by atoms with Gasteiger partial charge in [0, 0.05) is 36.8 Å². The van der Waals surface area contributed by atoms with Gasteiger partial charge in [0.1, 0.15) is 0 Å². The van der Waals surface area contributed by atoms with E-state index in [4.69, 9.17) is 23.8 Å². The summed E-state index contributed by atoms with van der Waals surface area (Å²) in [5.74, 6) is 0.678. The van der Waals surface area contributed by atoms with E-state index < -0.39 is 10.0 Å². The Balaban J connectivity index is 1.41.